The number of hydrogen-bond acceptors (Lipinski definition) is 7. The first-order chi connectivity index (χ1) is 9.06. The van der Waals surface area contributed by atoms with Crippen molar-refractivity contribution in [2.24, 2.45) is 4.40 Å². The Bertz CT molecular complexity index is 753. The van der Waals surface area contributed by atoms with Gasteiger partial charge in [-0.25, -0.2) is 0 Å². The lowest BCUT2D eigenvalue weighted by atomic mass is 10.3. The lowest BCUT2D eigenvalue weighted by Gasteiger charge is -2.23. The zero-order valence-corrected chi connectivity index (χ0v) is 11.2. The molecule has 0 aliphatic carbocycles. The molecule has 2 aromatic rings. The molecule has 0 atom stereocenters. The van der Waals surface area contributed by atoms with E-state index in [4.69, 9.17) is 5.73 Å². The van der Waals surface area contributed by atoms with Crippen molar-refractivity contribution in [2.75, 3.05) is 10.6 Å². The van der Waals surface area contributed by atoms with Gasteiger partial charge in [0.1, 0.15) is 16.2 Å². The third kappa shape index (κ3) is 2.17. The van der Waals surface area contributed by atoms with Crippen LogP contribution in [0.1, 0.15) is 5.01 Å². The molecule has 0 fully saturated rings. The molecule has 3 rings (SSSR count). The molecule has 9 heteroatoms. The van der Waals surface area contributed by atoms with E-state index in [0.717, 1.165) is 0 Å². The van der Waals surface area contributed by atoms with Crippen LogP contribution in [0.15, 0.2) is 33.6 Å². The lowest BCUT2D eigenvalue weighted by Crippen LogP contribution is -2.26. The van der Waals surface area contributed by atoms with Crippen molar-refractivity contribution in [3.05, 3.63) is 29.3 Å². The van der Waals surface area contributed by atoms with Gasteiger partial charge in [-0.2, -0.15) is 8.42 Å². The first kappa shape index (κ1) is 12.1. The predicted molar refractivity (Wildman–Crippen MR) is 72.6 cm³/mol. The largest absolute Gasteiger partial charge is 0.374 e. The number of rotatable bonds is 2. The summed E-state index contributed by atoms with van der Waals surface area (Å²) in [5.74, 6) is 0. The smallest absolute Gasteiger partial charge is 0.285 e. The predicted octanol–water partition coefficient (Wildman–Crippen LogP) is 0.857. The molecule has 7 nitrogen and oxygen atoms in total. The molecule has 1 aliphatic rings. The maximum atomic E-state index is 11.8. The van der Waals surface area contributed by atoms with Crippen LogP contribution in [0.3, 0.4) is 0 Å². The van der Waals surface area contributed by atoms with Gasteiger partial charge in [0.05, 0.1) is 12.2 Å². The molecule has 1 aromatic carbocycles. The van der Waals surface area contributed by atoms with Crippen LogP contribution in [0, 0.1) is 0 Å². The summed E-state index contributed by atoms with van der Waals surface area (Å²) in [6, 6.07) is 6.69. The van der Waals surface area contributed by atoms with Crippen molar-refractivity contribution in [3.8, 4) is 0 Å². The number of para-hydroxylation sites is 1. The third-order valence-corrected chi connectivity index (χ3v) is 4.58. The topological polar surface area (TPSA) is 102 Å². The van der Waals surface area contributed by atoms with Crippen LogP contribution in [0.25, 0.3) is 0 Å². The van der Waals surface area contributed by atoms with Gasteiger partial charge < -0.3 is 10.6 Å². The second-order valence-electron chi connectivity index (χ2n) is 3.83. The average molecular weight is 295 g/mol. The Morgan fingerprint density at radius 1 is 1.26 bits per heavy atom. The molecule has 0 amide bonds. The third-order valence-electron chi connectivity index (χ3n) is 2.57. The molecule has 98 valence electrons. The highest BCUT2D eigenvalue weighted by atomic mass is 32.2. The molecule has 0 bridgehead atoms. The van der Waals surface area contributed by atoms with Gasteiger partial charge in [-0.15, -0.1) is 14.6 Å². The summed E-state index contributed by atoms with van der Waals surface area (Å²) in [7, 11) is -3.59. The summed E-state index contributed by atoms with van der Waals surface area (Å²) >= 11 is 1.26. The number of nitrogens with zero attached hydrogens (tertiary/aromatic N) is 4. The molecule has 19 heavy (non-hydrogen) atoms. The van der Waals surface area contributed by atoms with E-state index in [9.17, 15) is 8.42 Å². The number of sulfonamides is 1. The van der Waals surface area contributed by atoms with Gasteiger partial charge in [-0.05, 0) is 12.1 Å². The van der Waals surface area contributed by atoms with E-state index in [2.05, 4.69) is 14.6 Å². The molecule has 2 heterocycles. The Kier molecular flexibility index (Phi) is 2.72. The zero-order valence-electron chi connectivity index (χ0n) is 9.59. The van der Waals surface area contributed by atoms with E-state index in [-0.39, 0.29) is 4.90 Å². The van der Waals surface area contributed by atoms with Crippen molar-refractivity contribution >= 4 is 38.5 Å². The van der Waals surface area contributed by atoms with E-state index >= 15 is 0 Å². The summed E-state index contributed by atoms with van der Waals surface area (Å²) in [6.45, 7) is 0.380. The van der Waals surface area contributed by atoms with Crippen molar-refractivity contribution in [2.45, 2.75) is 11.4 Å². The van der Waals surface area contributed by atoms with Gasteiger partial charge in [0, 0.05) is 0 Å². The summed E-state index contributed by atoms with van der Waals surface area (Å²) in [5.41, 5.74) is 6.09. The Morgan fingerprint density at radius 3 is 2.79 bits per heavy atom. The molecular formula is C10H9N5O2S2. The highest BCUT2D eigenvalue weighted by Gasteiger charge is 2.25. The number of nitrogen functional groups attached to an aromatic ring is 1. The second-order valence-corrected chi connectivity index (χ2v) is 6.52. The molecule has 0 unspecified atom stereocenters. The number of fused-ring (bicyclic) bond motifs is 1. The van der Waals surface area contributed by atoms with Crippen LogP contribution in [0.5, 0.6) is 0 Å². The average Bonchev–Trinajstić information content (AvgIpc) is 2.79. The van der Waals surface area contributed by atoms with Crippen LogP contribution < -0.4 is 10.6 Å². The van der Waals surface area contributed by atoms with Crippen molar-refractivity contribution in [3.63, 3.8) is 0 Å². The molecule has 1 aromatic heterocycles. The summed E-state index contributed by atoms with van der Waals surface area (Å²) in [5, 5.41) is 8.71. The van der Waals surface area contributed by atoms with Gasteiger partial charge in [0.25, 0.3) is 10.0 Å². The first-order valence-corrected chi connectivity index (χ1v) is 7.56. The molecule has 0 saturated heterocycles. The first-order valence-electron chi connectivity index (χ1n) is 5.30. The Morgan fingerprint density at radius 2 is 2.05 bits per heavy atom. The number of benzene rings is 1. The normalized spacial score (nSPS) is 16.3. The fourth-order valence-electron chi connectivity index (χ4n) is 1.75. The van der Waals surface area contributed by atoms with Crippen LogP contribution in [0.4, 0.5) is 10.8 Å². The number of aromatic nitrogens is 2. The standard InChI is InChI=1S/C10H9N5O2S2/c11-10-14-13-9(18-10)5-15-6-12-19(16,17)8-4-2-1-3-7(8)15/h1-4,6H,5H2,(H2,11,14). The minimum Gasteiger partial charge on any atom is -0.374 e. The molecular weight excluding hydrogens is 286 g/mol. The fourth-order valence-corrected chi connectivity index (χ4v) is 3.41. The van der Waals surface area contributed by atoms with E-state index in [1.165, 1.54) is 23.7 Å². The van der Waals surface area contributed by atoms with Gasteiger partial charge >= 0.3 is 0 Å². The molecule has 0 spiro atoms. The van der Waals surface area contributed by atoms with Gasteiger partial charge in [0.15, 0.2) is 0 Å². The fraction of sp³-hybridized carbons (Fsp3) is 0.100. The summed E-state index contributed by atoms with van der Waals surface area (Å²) in [4.78, 5) is 1.89. The van der Waals surface area contributed by atoms with E-state index < -0.39 is 10.0 Å². The van der Waals surface area contributed by atoms with Crippen LogP contribution in [-0.2, 0) is 16.6 Å². The Balaban J connectivity index is 2.01. The number of hydrogen-bond donors (Lipinski definition) is 1. The summed E-state index contributed by atoms with van der Waals surface area (Å²) in [6.07, 6.45) is 1.29. The Hall–Kier alpha value is -2.00. The van der Waals surface area contributed by atoms with Crippen molar-refractivity contribution in [1.29, 1.82) is 0 Å². The quantitative estimate of drug-likeness (QED) is 0.881. The maximum Gasteiger partial charge on any atom is 0.285 e. The van der Waals surface area contributed by atoms with Crippen LogP contribution >= 0.6 is 11.3 Å². The van der Waals surface area contributed by atoms with Gasteiger partial charge in [-0.3, -0.25) is 0 Å². The highest BCUT2D eigenvalue weighted by Crippen LogP contribution is 2.30. The second kappa shape index (κ2) is 4.28. The minimum atomic E-state index is -3.59. The SMILES string of the molecule is Nc1nnc(CN2C=NS(=O)(=O)c3ccccc32)s1. The molecule has 0 saturated carbocycles. The van der Waals surface area contributed by atoms with Crippen LogP contribution in [-0.4, -0.2) is 25.0 Å². The number of anilines is 2. The monoisotopic (exact) mass is 295 g/mol. The van der Waals surface area contributed by atoms with E-state index in [1.807, 2.05) is 0 Å². The van der Waals surface area contributed by atoms with Gasteiger partial charge in [-0.1, -0.05) is 23.5 Å². The molecule has 2 N–H and O–H groups in total. The number of nitrogens with two attached hydrogens (primary N) is 1. The van der Waals surface area contributed by atoms with Crippen molar-refractivity contribution < 1.29 is 8.42 Å². The maximum absolute atomic E-state index is 11.8. The Labute approximate surface area is 113 Å². The zero-order chi connectivity index (χ0) is 13.5. The van der Waals surface area contributed by atoms with E-state index in [1.54, 1.807) is 23.1 Å². The minimum absolute atomic E-state index is 0.190. The van der Waals surface area contributed by atoms with E-state index in [0.29, 0.717) is 22.4 Å². The lowest BCUT2D eigenvalue weighted by molar-refractivity contribution is 0.597. The van der Waals surface area contributed by atoms with Gasteiger partial charge in [0.2, 0.25) is 5.13 Å². The molecule has 0 radical (unpaired) electrons. The van der Waals surface area contributed by atoms with Crippen LogP contribution in [0.2, 0.25) is 0 Å². The summed E-state index contributed by atoms with van der Waals surface area (Å²) < 4.78 is 27.2. The highest BCUT2D eigenvalue weighted by molar-refractivity contribution is 7.90. The molecule has 1 aliphatic heterocycles. The van der Waals surface area contributed by atoms with Crippen molar-refractivity contribution in [1.82, 2.24) is 10.2 Å².